The van der Waals surface area contributed by atoms with Gasteiger partial charge in [0.05, 0.1) is 6.07 Å². The highest BCUT2D eigenvalue weighted by molar-refractivity contribution is 6.02. The van der Waals surface area contributed by atoms with Crippen molar-refractivity contribution in [3.63, 3.8) is 0 Å². The van der Waals surface area contributed by atoms with Crippen molar-refractivity contribution in [2.75, 3.05) is 0 Å². The summed E-state index contributed by atoms with van der Waals surface area (Å²) in [4.78, 5) is 15.9. The van der Waals surface area contributed by atoms with Gasteiger partial charge in [0.1, 0.15) is 11.7 Å². The Kier molecular flexibility index (Phi) is 3.44. The number of hydrogen-bond acceptors (Lipinski definition) is 3. The average Bonchev–Trinajstić information content (AvgIpc) is 2.42. The number of nitriles is 1. The second kappa shape index (κ2) is 5.19. The van der Waals surface area contributed by atoms with Gasteiger partial charge in [0.25, 0.3) is 0 Å². The van der Waals surface area contributed by atoms with E-state index in [-0.39, 0.29) is 5.56 Å². The van der Waals surface area contributed by atoms with E-state index in [2.05, 4.69) is 4.98 Å². The van der Waals surface area contributed by atoms with Crippen molar-refractivity contribution >= 4 is 5.78 Å². The van der Waals surface area contributed by atoms with Crippen molar-refractivity contribution in [3.8, 4) is 6.07 Å². The molecule has 0 amide bonds. The first-order chi connectivity index (χ1) is 8.74. The summed E-state index contributed by atoms with van der Waals surface area (Å²) < 4.78 is 13.6. The number of aromatic nitrogens is 1. The zero-order valence-electron chi connectivity index (χ0n) is 9.38. The molecule has 88 valence electrons. The Labute approximate surface area is 104 Å². The van der Waals surface area contributed by atoms with Crippen LogP contribution in [0.3, 0.4) is 0 Å². The number of ketones is 1. The average molecular weight is 240 g/mol. The molecule has 1 heterocycles. The van der Waals surface area contributed by atoms with Crippen LogP contribution in [-0.2, 0) is 0 Å². The normalized spacial score (nSPS) is 11.6. The highest BCUT2D eigenvalue weighted by atomic mass is 19.1. The smallest absolute Gasteiger partial charge is 0.184 e. The minimum absolute atomic E-state index is 0.0989. The molecule has 0 aliphatic rings. The van der Waals surface area contributed by atoms with E-state index in [0.717, 1.165) is 0 Å². The lowest BCUT2D eigenvalue weighted by molar-refractivity contribution is 0.0977. The van der Waals surface area contributed by atoms with Crippen LogP contribution in [0.25, 0.3) is 0 Å². The van der Waals surface area contributed by atoms with Gasteiger partial charge in [-0.2, -0.15) is 5.26 Å². The predicted molar refractivity (Wildman–Crippen MR) is 63.3 cm³/mol. The number of carbonyl (C=O) groups is 1. The summed E-state index contributed by atoms with van der Waals surface area (Å²) in [6.07, 6.45) is 2.92. The summed E-state index contributed by atoms with van der Waals surface area (Å²) in [5, 5.41) is 9.08. The fraction of sp³-hybridized carbons (Fsp3) is 0.0714. The molecule has 0 N–H and O–H groups in total. The topological polar surface area (TPSA) is 53.8 Å². The van der Waals surface area contributed by atoms with E-state index >= 15 is 0 Å². The van der Waals surface area contributed by atoms with Gasteiger partial charge in [0.2, 0.25) is 0 Å². The van der Waals surface area contributed by atoms with Gasteiger partial charge in [-0.15, -0.1) is 0 Å². The van der Waals surface area contributed by atoms with E-state index in [0.29, 0.717) is 5.56 Å². The molecule has 0 aliphatic heterocycles. The molecule has 0 saturated carbocycles. The number of rotatable bonds is 3. The molecule has 0 aliphatic carbocycles. The molecular formula is C14H9FN2O. The highest BCUT2D eigenvalue weighted by Crippen LogP contribution is 2.22. The highest BCUT2D eigenvalue weighted by Gasteiger charge is 2.24. The monoisotopic (exact) mass is 240 g/mol. The quantitative estimate of drug-likeness (QED) is 0.775. The van der Waals surface area contributed by atoms with Crippen LogP contribution in [-0.4, -0.2) is 10.8 Å². The fourth-order valence-corrected chi connectivity index (χ4v) is 1.66. The van der Waals surface area contributed by atoms with E-state index < -0.39 is 17.5 Å². The maximum atomic E-state index is 13.6. The summed E-state index contributed by atoms with van der Waals surface area (Å²) in [5.41, 5.74) is 0.446. The molecule has 2 aromatic rings. The first kappa shape index (κ1) is 11.9. The first-order valence-corrected chi connectivity index (χ1v) is 5.32. The third-order valence-electron chi connectivity index (χ3n) is 2.57. The molecule has 4 heteroatoms. The number of pyridine rings is 1. The maximum absolute atomic E-state index is 13.6. The lowest BCUT2D eigenvalue weighted by Crippen LogP contribution is -2.12. The Morgan fingerprint density at radius 3 is 2.50 bits per heavy atom. The zero-order valence-corrected chi connectivity index (χ0v) is 9.38. The molecule has 0 bridgehead atoms. The SMILES string of the molecule is N#CC(C(=O)c1ccncc1)c1ccccc1F. The molecule has 3 nitrogen and oxygen atoms in total. The number of carbonyl (C=O) groups excluding carboxylic acids is 1. The van der Waals surface area contributed by atoms with Crippen LogP contribution in [0.5, 0.6) is 0 Å². The molecule has 1 unspecified atom stereocenters. The molecule has 0 saturated heterocycles. The predicted octanol–water partition coefficient (Wildman–Crippen LogP) is 2.71. The first-order valence-electron chi connectivity index (χ1n) is 5.32. The van der Waals surface area contributed by atoms with E-state index in [1.54, 1.807) is 6.07 Å². The van der Waals surface area contributed by atoms with Gasteiger partial charge in [-0.3, -0.25) is 9.78 Å². The number of benzene rings is 1. The lowest BCUT2D eigenvalue weighted by atomic mass is 9.92. The lowest BCUT2D eigenvalue weighted by Gasteiger charge is -2.09. The second-order valence-electron chi connectivity index (χ2n) is 3.68. The Balaban J connectivity index is 2.40. The summed E-state index contributed by atoms with van der Waals surface area (Å²) >= 11 is 0. The summed E-state index contributed by atoms with van der Waals surface area (Å²) in [6.45, 7) is 0. The maximum Gasteiger partial charge on any atom is 0.184 e. The minimum Gasteiger partial charge on any atom is -0.292 e. The zero-order chi connectivity index (χ0) is 13.0. The van der Waals surface area contributed by atoms with Crippen molar-refractivity contribution in [3.05, 3.63) is 65.7 Å². The molecule has 1 aromatic carbocycles. The van der Waals surface area contributed by atoms with Crippen LogP contribution in [0.1, 0.15) is 21.8 Å². The number of nitrogens with zero attached hydrogens (tertiary/aromatic N) is 2. The van der Waals surface area contributed by atoms with Crippen molar-refractivity contribution in [2.45, 2.75) is 5.92 Å². The molecule has 1 aromatic heterocycles. The summed E-state index contributed by atoms with van der Waals surface area (Å²) in [5.74, 6) is -2.11. The van der Waals surface area contributed by atoms with E-state index in [1.165, 1.54) is 42.7 Å². The Morgan fingerprint density at radius 2 is 1.89 bits per heavy atom. The van der Waals surface area contributed by atoms with Crippen LogP contribution in [0.15, 0.2) is 48.8 Å². The van der Waals surface area contributed by atoms with Crippen molar-refractivity contribution in [1.29, 1.82) is 5.26 Å². The number of hydrogen-bond donors (Lipinski definition) is 0. The number of Topliss-reactive ketones (excluding diaryl/α,β-unsaturated/α-hetero) is 1. The van der Waals surface area contributed by atoms with Crippen LogP contribution >= 0.6 is 0 Å². The van der Waals surface area contributed by atoms with E-state index in [9.17, 15) is 9.18 Å². The minimum atomic E-state index is -1.13. The Hall–Kier alpha value is -2.54. The summed E-state index contributed by atoms with van der Waals surface area (Å²) in [6, 6.07) is 10.7. The molecule has 0 fully saturated rings. The van der Waals surface area contributed by atoms with E-state index in [4.69, 9.17) is 5.26 Å². The van der Waals surface area contributed by atoms with Gasteiger partial charge in [0.15, 0.2) is 5.78 Å². The van der Waals surface area contributed by atoms with Gasteiger partial charge >= 0.3 is 0 Å². The van der Waals surface area contributed by atoms with Crippen LogP contribution in [0.4, 0.5) is 4.39 Å². The van der Waals surface area contributed by atoms with E-state index in [1.807, 2.05) is 6.07 Å². The Morgan fingerprint density at radius 1 is 1.22 bits per heavy atom. The largest absolute Gasteiger partial charge is 0.292 e. The van der Waals surface area contributed by atoms with Gasteiger partial charge in [-0.25, -0.2) is 4.39 Å². The van der Waals surface area contributed by atoms with Gasteiger partial charge < -0.3 is 0 Å². The second-order valence-corrected chi connectivity index (χ2v) is 3.68. The molecule has 0 spiro atoms. The van der Waals surface area contributed by atoms with Crippen LogP contribution in [0.2, 0.25) is 0 Å². The summed E-state index contributed by atoms with van der Waals surface area (Å²) in [7, 11) is 0. The Bertz CT molecular complexity index is 605. The van der Waals surface area contributed by atoms with Gasteiger partial charge in [-0.1, -0.05) is 18.2 Å². The standard InChI is InChI=1S/C14H9FN2O/c15-13-4-2-1-3-11(13)12(9-16)14(18)10-5-7-17-8-6-10/h1-8,12H. The van der Waals surface area contributed by atoms with Crippen molar-refractivity contribution < 1.29 is 9.18 Å². The van der Waals surface area contributed by atoms with Crippen molar-refractivity contribution in [1.82, 2.24) is 4.98 Å². The molecule has 18 heavy (non-hydrogen) atoms. The third-order valence-corrected chi connectivity index (χ3v) is 2.57. The molecule has 1 atom stereocenters. The molecule has 2 rings (SSSR count). The third kappa shape index (κ3) is 2.25. The molecular weight excluding hydrogens is 231 g/mol. The van der Waals surface area contributed by atoms with Crippen LogP contribution in [0, 0.1) is 17.1 Å². The fourth-order valence-electron chi connectivity index (χ4n) is 1.66. The number of halogens is 1. The van der Waals surface area contributed by atoms with Crippen LogP contribution < -0.4 is 0 Å². The van der Waals surface area contributed by atoms with Gasteiger partial charge in [0, 0.05) is 23.5 Å². The van der Waals surface area contributed by atoms with Crippen molar-refractivity contribution in [2.24, 2.45) is 0 Å². The molecule has 0 radical (unpaired) electrons. The van der Waals surface area contributed by atoms with Gasteiger partial charge in [-0.05, 0) is 18.2 Å².